The third kappa shape index (κ3) is 5.31. The summed E-state index contributed by atoms with van der Waals surface area (Å²) >= 11 is 0. The third-order valence-electron chi connectivity index (χ3n) is 3.00. The van der Waals surface area contributed by atoms with Gasteiger partial charge in [0.25, 0.3) is 0 Å². The van der Waals surface area contributed by atoms with Crippen molar-refractivity contribution in [2.75, 3.05) is 37.8 Å². The zero-order valence-electron chi connectivity index (χ0n) is 11.9. The summed E-state index contributed by atoms with van der Waals surface area (Å²) in [5, 5.41) is 6.24. The number of rotatable bonds is 8. The molecule has 1 aromatic rings. The number of nitrogens with one attached hydrogen (secondary N) is 2. The average molecular weight is 251 g/mol. The zero-order valence-corrected chi connectivity index (χ0v) is 11.9. The van der Waals surface area contributed by atoms with Crippen LogP contribution in [-0.4, -0.2) is 48.1 Å². The van der Waals surface area contributed by atoms with Gasteiger partial charge >= 0.3 is 0 Å². The highest BCUT2D eigenvalue weighted by Crippen LogP contribution is 2.05. The molecule has 5 heteroatoms. The lowest BCUT2D eigenvalue weighted by molar-refractivity contribution is 0.269. The van der Waals surface area contributed by atoms with Gasteiger partial charge in [-0.15, -0.1) is 0 Å². The summed E-state index contributed by atoms with van der Waals surface area (Å²) < 4.78 is 0. The van der Waals surface area contributed by atoms with Crippen molar-refractivity contribution in [2.24, 2.45) is 0 Å². The molecule has 2 N–H and O–H groups in total. The molecule has 0 aliphatic heterocycles. The van der Waals surface area contributed by atoms with Gasteiger partial charge in [0.1, 0.15) is 5.82 Å². The van der Waals surface area contributed by atoms with Crippen molar-refractivity contribution in [3.8, 4) is 0 Å². The van der Waals surface area contributed by atoms with E-state index >= 15 is 0 Å². The van der Waals surface area contributed by atoms with Crippen LogP contribution < -0.4 is 10.6 Å². The van der Waals surface area contributed by atoms with Gasteiger partial charge in [-0.2, -0.15) is 4.98 Å². The van der Waals surface area contributed by atoms with Crippen LogP contribution in [0.2, 0.25) is 0 Å². The fourth-order valence-electron chi connectivity index (χ4n) is 1.54. The maximum absolute atomic E-state index is 4.31. The Hall–Kier alpha value is -1.36. The molecule has 5 nitrogen and oxygen atoms in total. The first-order valence-corrected chi connectivity index (χ1v) is 6.58. The number of nitrogens with zero attached hydrogens (tertiary/aromatic N) is 3. The van der Waals surface area contributed by atoms with Crippen LogP contribution in [0.1, 0.15) is 26.7 Å². The van der Waals surface area contributed by atoms with Crippen molar-refractivity contribution in [3.05, 3.63) is 12.3 Å². The Balaban J connectivity index is 2.17. The maximum atomic E-state index is 4.31. The van der Waals surface area contributed by atoms with Crippen molar-refractivity contribution < 1.29 is 0 Å². The summed E-state index contributed by atoms with van der Waals surface area (Å²) in [6.07, 6.45) is 4.11. The first-order chi connectivity index (χ1) is 8.63. The van der Waals surface area contributed by atoms with Crippen LogP contribution in [0.4, 0.5) is 11.8 Å². The maximum Gasteiger partial charge on any atom is 0.224 e. The number of aromatic nitrogens is 2. The quantitative estimate of drug-likeness (QED) is 0.693. The van der Waals surface area contributed by atoms with Crippen LogP contribution in [0.3, 0.4) is 0 Å². The van der Waals surface area contributed by atoms with Crippen molar-refractivity contribution in [1.82, 2.24) is 14.9 Å². The predicted octanol–water partition coefficient (Wildman–Crippen LogP) is 2.05. The van der Waals surface area contributed by atoms with Crippen LogP contribution in [0.5, 0.6) is 0 Å². The van der Waals surface area contributed by atoms with E-state index in [-0.39, 0.29) is 0 Å². The minimum atomic E-state index is 0.623. The van der Waals surface area contributed by atoms with E-state index in [0.717, 1.165) is 25.3 Å². The summed E-state index contributed by atoms with van der Waals surface area (Å²) in [6.45, 7) is 6.54. The summed E-state index contributed by atoms with van der Waals surface area (Å²) in [5.74, 6) is 1.53. The number of unbranched alkanes of at least 4 members (excludes halogenated alkanes) is 1. The third-order valence-corrected chi connectivity index (χ3v) is 3.00. The molecule has 0 fully saturated rings. The van der Waals surface area contributed by atoms with E-state index in [1.54, 1.807) is 6.20 Å². The van der Waals surface area contributed by atoms with E-state index in [0.29, 0.717) is 12.0 Å². The lowest BCUT2D eigenvalue weighted by Crippen LogP contribution is -2.27. The first-order valence-electron chi connectivity index (χ1n) is 6.58. The van der Waals surface area contributed by atoms with Gasteiger partial charge in [-0.25, -0.2) is 4.98 Å². The molecule has 0 aliphatic carbocycles. The second-order valence-corrected chi connectivity index (χ2v) is 4.72. The van der Waals surface area contributed by atoms with Gasteiger partial charge in [0.2, 0.25) is 5.95 Å². The summed E-state index contributed by atoms with van der Waals surface area (Å²) in [5.41, 5.74) is 0. The van der Waals surface area contributed by atoms with Crippen LogP contribution in [-0.2, 0) is 0 Å². The second kappa shape index (κ2) is 7.87. The van der Waals surface area contributed by atoms with Gasteiger partial charge in [0, 0.05) is 25.8 Å². The minimum absolute atomic E-state index is 0.623. The zero-order chi connectivity index (χ0) is 13.4. The fourth-order valence-corrected chi connectivity index (χ4v) is 1.54. The first kappa shape index (κ1) is 14.7. The van der Waals surface area contributed by atoms with E-state index in [4.69, 9.17) is 0 Å². The van der Waals surface area contributed by atoms with Gasteiger partial charge in [-0.3, -0.25) is 0 Å². The molecule has 1 rings (SSSR count). The van der Waals surface area contributed by atoms with Crippen LogP contribution in [0.25, 0.3) is 0 Å². The summed E-state index contributed by atoms with van der Waals surface area (Å²) in [6, 6.07) is 2.51. The van der Waals surface area contributed by atoms with E-state index in [1.165, 1.54) is 6.42 Å². The van der Waals surface area contributed by atoms with Crippen molar-refractivity contribution in [2.45, 2.75) is 32.7 Å². The van der Waals surface area contributed by atoms with Crippen molar-refractivity contribution in [3.63, 3.8) is 0 Å². The van der Waals surface area contributed by atoms with Crippen LogP contribution >= 0.6 is 0 Å². The molecule has 0 aliphatic rings. The molecule has 1 aromatic heterocycles. The highest BCUT2D eigenvalue weighted by Gasteiger charge is 2.02. The van der Waals surface area contributed by atoms with Crippen molar-refractivity contribution in [1.29, 1.82) is 0 Å². The van der Waals surface area contributed by atoms with E-state index < -0.39 is 0 Å². The Kier molecular flexibility index (Phi) is 6.43. The average Bonchev–Trinajstić information content (AvgIpc) is 2.38. The molecule has 0 unspecified atom stereocenters. The molecule has 102 valence electrons. The Bertz CT molecular complexity index is 340. The summed E-state index contributed by atoms with van der Waals surface area (Å²) in [7, 11) is 3.99. The van der Waals surface area contributed by atoms with Crippen LogP contribution in [0.15, 0.2) is 12.3 Å². The number of anilines is 2. The molecule has 0 saturated heterocycles. The molecule has 1 heterocycles. The SMILES string of the molecule is CNc1nccc(NCCCCN(C)C(C)C)n1. The highest BCUT2D eigenvalue weighted by molar-refractivity contribution is 5.38. The molecule has 0 aromatic carbocycles. The largest absolute Gasteiger partial charge is 0.370 e. The number of hydrogen-bond acceptors (Lipinski definition) is 5. The van der Waals surface area contributed by atoms with E-state index in [1.807, 2.05) is 13.1 Å². The molecule has 0 spiro atoms. The number of hydrogen-bond donors (Lipinski definition) is 2. The van der Waals surface area contributed by atoms with Crippen molar-refractivity contribution >= 4 is 11.8 Å². The summed E-state index contributed by atoms with van der Waals surface area (Å²) in [4.78, 5) is 10.7. The molecule has 18 heavy (non-hydrogen) atoms. The Morgan fingerprint density at radius 2 is 2.11 bits per heavy atom. The topological polar surface area (TPSA) is 53.1 Å². The van der Waals surface area contributed by atoms with Crippen LogP contribution in [0, 0.1) is 0 Å². The van der Waals surface area contributed by atoms with Gasteiger partial charge in [-0.05, 0) is 46.3 Å². The minimum Gasteiger partial charge on any atom is -0.370 e. The molecule has 0 saturated carbocycles. The Morgan fingerprint density at radius 1 is 1.33 bits per heavy atom. The van der Waals surface area contributed by atoms with Gasteiger partial charge < -0.3 is 15.5 Å². The smallest absolute Gasteiger partial charge is 0.224 e. The van der Waals surface area contributed by atoms with E-state index in [9.17, 15) is 0 Å². The van der Waals surface area contributed by atoms with Gasteiger partial charge in [0.05, 0.1) is 0 Å². The van der Waals surface area contributed by atoms with Gasteiger partial charge in [0.15, 0.2) is 0 Å². The molecule has 0 atom stereocenters. The normalized spacial score (nSPS) is 11.0. The predicted molar refractivity (Wildman–Crippen MR) is 77.1 cm³/mol. The second-order valence-electron chi connectivity index (χ2n) is 4.72. The Morgan fingerprint density at radius 3 is 2.78 bits per heavy atom. The van der Waals surface area contributed by atoms with E-state index in [2.05, 4.69) is 46.4 Å². The lowest BCUT2D eigenvalue weighted by atomic mass is 10.2. The standard InChI is InChI=1S/C13H25N5/c1-11(2)18(4)10-6-5-8-15-12-7-9-16-13(14-3)17-12/h7,9,11H,5-6,8,10H2,1-4H3,(H2,14,15,16,17). The molecular formula is C13H25N5. The van der Waals surface area contributed by atoms with Gasteiger partial charge in [-0.1, -0.05) is 0 Å². The Labute approximate surface area is 110 Å². The molecule has 0 radical (unpaired) electrons. The fraction of sp³-hybridized carbons (Fsp3) is 0.692. The monoisotopic (exact) mass is 251 g/mol. The molecule has 0 bridgehead atoms. The highest BCUT2D eigenvalue weighted by atomic mass is 15.1. The molecule has 0 amide bonds. The lowest BCUT2D eigenvalue weighted by Gasteiger charge is -2.20. The molecular weight excluding hydrogens is 226 g/mol.